The first-order valence-corrected chi connectivity index (χ1v) is 17.3. The summed E-state index contributed by atoms with van der Waals surface area (Å²) >= 11 is 1.91. The Bertz CT molecular complexity index is 2850. The van der Waals surface area contributed by atoms with Crippen molar-refractivity contribution in [3.63, 3.8) is 0 Å². The Morgan fingerprint density at radius 2 is 0.938 bits per heavy atom. The summed E-state index contributed by atoms with van der Waals surface area (Å²) in [4.78, 5) is 2.52. The van der Waals surface area contributed by atoms with Crippen LogP contribution in [0.25, 0.3) is 74.4 Å². The second-order valence-electron chi connectivity index (χ2n) is 12.5. The van der Waals surface area contributed by atoms with E-state index in [1.807, 2.05) is 11.3 Å². The van der Waals surface area contributed by atoms with Gasteiger partial charge in [-0.2, -0.15) is 0 Å². The van der Waals surface area contributed by atoms with Gasteiger partial charge in [0.15, 0.2) is 0 Å². The van der Waals surface area contributed by atoms with Crippen LogP contribution in [0.4, 0.5) is 17.1 Å². The lowest BCUT2D eigenvalue weighted by atomic mass is 9.94. The lowest BCUT2D eigenvalue weighted by Gasteiger charge is -2.29. The zero-order valence-electron chi connectivity index (χ0n) is 26.1. The van der Waals surface area contributed by atoms with Crippen molar-refractivity contribution in [2.75, 3.05) is 4.90 Å². The summed E-state index contributed by atoms with van der Waals surface area (Å²) in [5.74, 6) is 0. The van der Waals surface area contributed by atoms with Crippen LogP contribution in [0.3, 0.4) is 0 Å². The molecule has 0 unspecified atom stereocenters. The third kappa shape index (κ3) is 4.17. The van der Waals surface area contributed by atoms with Crippen molar-refractivity contribution in [3.05, 3.63) is 176 Å². The van der Waals surface area contributed by atoms with E-state index in [2.05, 4.69) is 181 Å². The van der Waals surface area contributed by atoms with Crippen molar-refractivity contribution in [3.8, 4) is 11.1 Å². The maximum atomic E-state index is 2.52. The quantitative estimate of drug-likeness (QED) is 0.176. The molecule has 0 N–H and O–H groups in total. The van der Waals surface area contributed by atoms with Gasteiger partial charge in [0, 0.05) is 26.5 Å². The average Bonchev–Trinajstić information content (AvgIpc) is 3.55. The number of anilines is 3. The molecular formula is C46H29NS. The summed E-state index contributed by atoms with van der Waals surface area (Å²) in [5.41, 5.74) is 5.91. The minimum absolute atomic E-state index is 1.13. The van der Waals surface area contributed by atoms with Gasteiger partial charge in [-0.3, -0.25) is 0 Å². The highest BCUT2D eigenvalue weighted by Crippen LogP contribution is 2.50. The SMILES string of the molecule is c1ccc(-c2cccc(N(c3cccc4c3sc3c5ccccc5ccc43)c3cc4ccccc4c4ccc5ccccc5c34)c2)cc1. The molecule has 48 heavy (non-hydrogen) atoms. The fraction of sp³-hybridized carbons (Fsp3) is 0. The lowest BCUT2D eigenvalue weighted by molar-refractivity contribution is 1.32. The highest BCUT2D eigenvalue weighted by atomic mass is 32.1. The highest BCUT2D eigenvalue weighted by molar-refractivity contribution is 7.27. The molecular weight excluding hydrogens is 599 g/mol. The molecule has 1 aromatic heterocycles. The predicted octanol–water partition coefficient (Wildman–Crippen LogP) is 13.8. The van der Waals surface area contributed by atoms with Crippen LogP contribution in [0.2, 0.25) is 0 Å². The standard InChI is InChI=1S/C46H29NS/c1-2-12-30(13-3-1)33-17-10-18-35(28-33)47(42-23-11-22-40-41-27-25-32-15-5-9-21-38(32)45(41)48-46(40)42)43-29-34-16-6-7-19-36(34)39-26-24-31-14-4-8-20-37(31)44(39)43/h1-29H. The van der Waals surface area contributed by atoms with E-state index >= 15 is 0 Å². The third-order valence-electron chi connectivity index (χ3n) is 9.79. The van der Waals surface area contributed by atoms with Gasteiger partial charge in [-0.1, -0.05) is 152 Å². The molecule has 0 saturated heterocycles. The number of hydrogen-bond donors (Lipinski definition) is 0. The van der Waals surface area contributed by atoms with E-state index in [4.69, 9.17) is 0 Å². The van der Waals surface area contributed by atoms with Crippen molar-refractivity contribution < 1.29 is 0 Å². The van der Waals surface area contributed by atoms with Crippen LogP contribution in [0.15, 0.2) is 176 Å². The molecule has 224 valence electrons. The molecule has 0 amide bonds. The topological polar surface area (TPSA) is 3.24 Å². The fourth-order valence-corrected chi connectivity index (χ4v) is 8.93. The summed E-state index contributed by atoms with van der Waals surface area (Å²) in [7, 11) is 0. The van der Waals surface area contributed by atoms with Gasteiger partial charge in [-0.15, -0.1) is 11.3 Å². The van der Waals surface area contributed by atoms with Crippen molar-refractivity contribution in [2.24, 2.45) is 0 Å². The molecule has 0 atom stereocenters. The van der Waals surface area contributed by atoms with Crippen LogP contribution < -0.4 is 4.90 Å². The Kier molecular flexibility index (Phi) is 6.12. The average molecular weight is 628 g/mol. The van der Waals surface area contributed by atoms with Gasteiger partial charge >= 0.3 is 0 Å². The molecule has 0 fully saturated rings. The Balaban J connectivity index is 1.36. The maximum absolute atomic E-state index is 2.52. The monoisotopic (exact) mass is 627 g/mol. The Labute approximate surface area is 282 Å². The second-order valence-corrected chi connectivity index (χ2v) is 13.5. The summed E-state index contributed by atoms with van der Waals surface area (Å²) in [6.07, 6.45) is 0. The molecule has 0 aliphatic carbocycles. The van der Waals surface area contributed by atoms with E-state index in [9.17, 15) is 0 Å². The normalized spacial score (nSPS) is 11.8. The number of rotatable bonds is 4. The molecule has 0 aliphatic heterocycles. The predicted molar refractivity (Wildman–Crippen MR) is 209 cm³/mol. The minimum Gasteiger partial charge on any atom is -0.308 e. The molecule has 0 spiro atoms. The van der Waals surface area contributed by atoms with Crippen LogP contribution in [-0.4, -0.2) is 0 Å². The van der Waals surface area contributed by atoms with E-state index in [0.29, 0.717) is 0 Å². The molecule has 1 nitrogen and oxygen atoms in total. The zero-order chi connectivity index (χ0) is 31.6. The number of hydrogen-bond acceptors (Lipinski definition) is 2. The first kappa shape index (κ1) is 27.2. The Morgan fingerprint density at radius 1 is 0.333 bits per heavy atom. The third-order valence-corrected chi connectivity index (χ3v) is 11.1. The molecule has 0 aliphatic rings. The first-order valence-electron chi connectivity index (χ1n) is 16.4. The van der Waals surface area contributed by atoms with Gasteiger partial charge in [-0.05, 0) is 73.1 Å². The smallest absolute Gasteiger partial charge is 0.0640 e. The summed E-state index contributed by atoms with van der Waals surface area (Å²) in [5, 5.41) is 12.7. The van der Waals surface area contributed by atoms with E-state index < -0.39 is 0 Å². The van der Waals surface area contributed by atoms with Gasteiger partial charge in [0.05, 0.1) is 16.1 Å². The number of fused-ring (bicyclic) bond motifs is 10. The number of benzene rings is 9. The minimum atomic E-state index is 1.13. The lowest BCUT2D eigenvalue weighted by Crippen LogP contribution is -2.11. The largest absolute Gasteiger partial charge is 0.308 e. The van der Waals surface area contributed by atoms with Crippen LogP contribution in [0, 0.1) is 0 Å². The molecule has 1 heterocycles. The van der Waals surface area contributed by atoms with Crippen molar-refractivity contribution >= 4 is 91.7 Å². The zero-order valence-corrected chi connectivity index (χ0v) is 26.9. The number of nitrogens with zero attached hydrogens (tertiary/aromatic N) is 1. The molecule has 0 radical (unpaired) electrons. The molecule has 0 saturated carbocycles. The van der Waals surface area contributed by atoms with E-state index in [1.165, 1.54) is 85.8 Å². The number of thiophene rings is 1. The van der Waals surface area contributed by atoms with Crippen LogP contribution in [0.1, 0.15) is 0 Å². The molecule has 10 aromatic rings. The van der Waals surface area contributed by atoms with Crippen molar-refractivity contribution in [1.29, 1.82) is 0 Å². The second kappa shape index (κ2) is 10.8. The van der Waals surface area contributed by atoms with Gasteiger partial charge in [-0.25, -0.2) is 0 Å². The summed E-state index contributed by atoms with van der Waals surface area (Å²) in [6.45, 7) is 0. The van der Waals surface area contributed by atoms with Gasteiger partial charge in [0.1, 0.15) is 0 Å². The summed E-state index contributed by atoms with van der Waals surface area (Å²) < 4.78 is 2.62. The van der Waals surface area contributed by atoms with Gasteiger partial charge in [0.2, 0.25) is 0 Å². The molecule has 2 heteroatoms. The Morgan fingerprint density at radius 3 is 1.77 bits per heavy atom. The fourth-order valence-electron chi connectivity index (χ4n) is 7.59. The molecule has 0 bridgehead atoms. The first-order chi connectivity index (χ1) is 23.8. The summed E-state index contributed by atoms with van der Waals surface area (Å²) in [6, 6.07) is 64.5. The van der Waals surface area contributed by atoms with Crippen LogP contribution in [-0.2, 0) is 0 Å². The van der Waals surface area contributed by atoms with E-state index in [1.54, 1.807) is 0 Å². The maximum Gasteiger partial charge on any atom is 0.0640 e. The molecule has 9 aromatic carbocycles. The van der Waals surface area contributed by atoms with Crippen LogP contribution >= 0.6 is 11.3 Å². The van der Waals surface area contributed by atoms with E-state index in [-0.39, 0.29) is 0 Å². The van der Waals surface area contributed by atoms with Crippen LogP contribution in [0.5, 0.6) is 0 Å². The van der Waals surface area contributed by atoms with Crippen molar-refractivity contribution in [2.45, 2.75) is 0 Å². The van der Waals surface area contributed by atoms with E-state index in [0.717, 1.165) is 5.69 Å². The Hall–Kier alpha value is -5.96. The van der Waals surface area contributed by atoms with Gasteiger partial charge in [0.25, 0.3) is 0 Å². The van der Waals surface area contributed by atoms with Crippen molar-refractivity contribution in [1.82, 2.24) is 0 Å². The molecule has 10 rings (SSSR count). The van der Waals surface area contributed by atoms with Gasteiger partial charge < -0.3 is 4.90 Å². The highest BCUT2D eigenvalue weighted by Gasteiger charge is 2.23.